The van der Waals surface area contributed by atoms with Crippen molar-refractivity contribution in [3.8, 4) is 0 Å². The van der Waals surface area contributed by atoms with E-state index in [1.165, 1.54) is 16.7 Å². The van der Waals surface area contributed by atoms with Crippen molar-refractivity contribution in [1.82, 2.24) is 9.55 Å². The van der Waals surface area contributed by atoms with Crippen LogP contribution < -0.4 is 16.1 Å². The van der Waals surface area contributed by atoms with E-state index in [1.54, 1.807) is 19.0 Å². The number of hydrogen-bond donors (Lipinski definition) is 1. The van der Waals surface area contributed by atoms with Crippen molar-refractivity contribution in [3.63, 3.8) is 0 Å². The highest BCUT2D eigenvalue weighted by Gasteiger charge is 2.18. The topological polar surface area (TPSA) is 67.3 Å². The molecule has 0 saturated heterocycles. The maximum absolute atomic E-state index is 13.6. The summed E-state index contributed by atoms with van der Waals surface area (Å²) in [7, 11) is 3.31. The van der Waals surface area contributed by atoms with E-state index in [2.05, 4.69) is 4.98 Å². The summed E-state index contributed by atoms with van der Waals surface area (Å²) >= 11 is 0. The van der Waals surface area contributed by atoms with Crippen LogP contribution in [0.3, 0.4) is 0 Å². The maximum atomic E-state index is 13.6. The molecule has 1 heterocycles. The lowest BCUT2D eigenvalue weighted by molar-refractivity contribution is 0.0592. The molecule has 0 spiro atoms. The summed E-state index contributed by atoms with van der Waals surface area (Å²) in [5, 5.41) is 0. The normalized spacial score (nSPS) is 10.9. The molecule has 0 bridgehead atoms. The number of H-pyrrole nitrogens is 1. The van der Waals surface area contributed by atoms with Crippen LogP contribution in [0.25, 0.3) is 0 Å². The summed E-state index contributed by atoms with van der Waals surface area (Å²) in [5.74, 6) is -1.46. The first-order valence-electron chi connectivity index (χ1n) is 8.95. The average molecular weight is 401 g/mol. The van der Waals surface area contributed by atoms with Crippen molar-refractivity contribution in [2.45, 2.75) is 19.8 Å². The Hall–Kier alpha value is -3.26. The highest BCUT2D eigenvalue weighted by molar-refractivity contribution is 5.49. The van der Waals surface area contributed by atoms with Crippen LogP contribution in [0.2, 0.25) is 0 Å². The predicted molar refractivity (Wildman–Crippen MR) is 106 cm³/mol. The van der Waals surface area contributed by atoms with Gasteiger partial charge in [-0.25, -0.2) is 13.6 Å². The molecule has 1 aromatic heterocycles. The predicted octanol–water partition coefficient (Wildman–Crippen LogP) is 2.65. The first kappa shape index (κ1) is 20.5. The average Bonchev–Trinajstić information content (AvgIpc) is 2.63. The molecule has 1 N–H and O–H groups in total. The fourth-order valence-corrected chi connectivity index (χ4v) is 3.12. The summed E-state index contributed by atoms with van der Waals surface area (Å²) in [6.07, 6.45) is -0.0178. The Balaban J connectivity index is 1.98. The lowest BCUT2D eigenvalue weighted by Crippen LogP contribution is -2.37. The second-order valence-corrected chi connectivity index (χ2v) is 6.79. The zero-order valence-corrected chi connectivity index (χ0v) is 16.1. The highest BCUT2D eigenvalue weighted by Crippen LogP contribution is 2.18. The third kappa shape index (κ3) is 4.97. The Morgan fingerprint density at radius 1 is 1.00 bits per heavy atom. The smallest absolute Gasteiger partial charge is 0.330 e. The van der Waals surface area contributed by atoms with E-state index in [9.17, 15) is 18.4 Å². The number of nitrogens with one attached hydrogen (secondary N) is 1. The molecule has 0 aliphatic heterocycles. The fourth-order valence-electron chi connectivity index (χ4n) is 3.12. The van der Waals surface area contributed by atoms with Gasteiger partial charge in [-0.1, -0.05) is 30.3 Å². The molecule has 0 saturated carbocycles. The van der Waals surface area contributed by atoms with Crippen molar-refractivity contribution in [2.75, 3.05) is 19.0 Å². The van der Waals surface area contributed by atoms with Crippen LogP contribution in [-0.2, 0) is 24.5 Å². The van der Waals surface area contributed by atoms with Gasteiger partial charge in [-0.3, -0.25) is 14.3 Å². The standard InChI is InChI=1S/C21H21F2N3O3/c1-25(2)19-18(10-15-8-16(22)11-17(23)9-15)26(21(28)24-20(19)27)13-29-12-14-6-4-3-5-7-14/h3-9,11H,10,12-13H2,1-2H3,(H,24,27,28). The Morgan fingerprint density at radius 3 is 2.28 bits per heavy atom. The Bertz CT molecular complexity index is 1090. The van der Waals surface area contributed by atoms with E-state index in [0.29, 0.717) is 11.3 Å². The number of ether oxygens (including phenoxy) is 1. The second kappa shape index (κ2) is 8.83. The Kier molecular flexibility index (Phi) is 6.23. The molecule has 3 aromatic rings. The van der Waals surface area contributed by atoms with Gasteiger partial charge in [0, 0.05) is 26.6 Å². The minimum Gasteiger partial charge on any atom is -0.372 e. The van der Waals surface area contributed by atoms with Crippen molar-refractivity contribution < 1.29 is 13.5 Å². The molecule has 8 heteroatoms. The van der Waals surface area contributed by atoms with E-state index in [0.717, 1.165) is 11.6 Å². The molecule has 0 aliphatic carbocycles. The first-order valence-corrected chi connectivity index (χ1v) is 8.95. The third-order valence-electron chi connectivity index (χ3n) is 4.35. The number of anilines is 1. The molecular weight excluding hydrogens is 380 g/mol. The molecule has 3 rings (SSSR count). The van der Waals surface area contributed by atoms with Gasteiger partial charge in [0.05, 0.1) is 12.3 Å². The molecule has 0 unspecified atom stereocenters. The van der Waals surface area contributed by atoms with Gasteiger partial charge >= 0.3 is 5.69 Å². The summed E-state index contributed by atoms with van der Waals surface area (Å²) < 4.78 is 34.2. The van der Waals surface area contributed by atoms with Crippen LogP contribution in [0.5, 0.6) is 0 Å². The molecule has 0 aliphatic rings. The van der Waals surface area contributed by atoms with Gasteiger partial charge in [0.15, 0.2) is 0 Å². The van der Waals surface area contributed by atoms with Crippen molar-refractivity contribution in [3.05, 3.63) is 97.8 Å². The molecule has 29 heavy (non-hydrogen) atoms. The molecule has 152 valence electrons. The van der Waals surface area contributed by atoms with Gasteiger partial charge in [0.1, 0.15) is 24.1 Å². The van der Waals surface area contributed by atoms with Crippen molar-refractivity contribution in [1.29, 1.82) is 0 Å². The van der Waals surface area contributed by atoms with Crippen LogP contribution in [0.1, 0.15) is 16.8 Å². The molecule has 6 nitrogen and oxygen atoms in total. The van der Waals surface area contributed by atoms with Gasteiger partial charge in [-0.05, 0) is 23.3 Å². The minimum atomic E-state index is -0.731. The molecular formula is C21H21F2N3O3. The van der Waals surface area contributed by atoms with E-state index >= 15 is 0 Å². The lowest BCUT2D eigenvalue weighted by Gasteiger charge is -2.21. The van der Waals surface area contributed by atoms with Gasteiger partial charge in [0.25, 0.3) is 5.56 Å². The molecule has 0 radical (unpaired) electrons. The van der Waals surface area contributed by atoms with E-state index in [1.807, 2.05) is 30.3 Å². The number of rotatable bonds is 7. The second-order valence-electron chi connectivity index (χ2n) is 6.79. The van der Waals surface area contributed by atoms with E-state index in [-0.39, 0.29) is 25.4 Å². The first-order chi connectivity index (χ1) is 13.8. The quantitative estimate of drug-likeness (QED) is 0.661. The summed E-state index contributed by atoms with van der Waals surface area (Å²) in [6.45, 7) is 0.135. The van der Waals surface area contributed by atoms with Crippen LogP contribution >= 0.6 is 0 Å². The number of nitrogens with zero attached hydrogens (tertiary/aromatic N) is 2. The van der Waals surface area contributed by atoms with Crippen LogP contribution in [0.4, 0.5) is 14.5 Å². The number of aromatic nitrogens is 2. The molecule has 0 atom stereocenters. The van der Waals surface area contributed by atoms with Crippen LogP contribution in [0.15, 0.2) is 58.1 Å². The largest absolute Gasteiger partial charge is 0.372 e. The Labute approximate surface area is 166 Å². The summed E-state index contributed by atoms with van der Waals surface area (Å²) in [4.78, 5) is 28.7. The highest BCUT2D eigenvalue weighted by atomic mass is 19.1. The molecule has 0 amide bonds. The number of aromatic amines is 1. The summed E-state index contributed by atoms with van der Waals surface area (Å²) in [6, 6.07) is 12.5. The van der Waals surface area contributed by atoms with Gasteiger partial charge in [-0.2, -0.15) is 0 Å². The van der Waals surface area contributed by atoms with E-state index in [4.69, 9.17) is 4.74 Å². The van der Waals surface area contributed by atoms with Gasteiger partial charge in [-0.15, -0.1) is 0 Å². The summed E-state index contributed by atoms with van der Waals surface area (Å²) in [5.41, 5.74) is 0.519. The lowest BCUT2D eigenvalue weighted by atomic mass is 10.1. The SMILES string of the molecule is CN(C)c1c(Cc2cc(F)cc(F)c2)n(COCc2ccccc2)c(=O)[nH]c1=O. The third-order valence-corrected chi connectivity index (χ3v) is 4.35. The maximum Gasteiger partial charge on any atom is 0.330 e. The van der Waals surface area contributed by atoms with E-state index < -0.39 is 22.9 Å². The van der Waals surface area contributed by atoms with Crippen molar-refractivity contribution >= 4 is 5.69 Å². The number of hydrogen-bond acceptors (Lipinski definition) is 4. The zero-order valence-electron chi connectivity index (χ0n) is 16.1. The zero-order chi connectivity index (χ0) is 21.0. The van der Waals surface area contributed by atoms with Crippen LogP contribution in [-0.4, -0.2) is 23.6 Å². The minimum absolute atomic E-state index is 0.0178. The molecule has 2 aromatic carbocycles. The fraction of sp³-hybridized carbons (Fsp3) is 0.238. The number of benzene rings is 2. The van der Waals surface area contributed by atoms with Crippen molar-refractivity contribution in [2.24, 2.45) is 0 Å². The monoisotopic (exact) mass is 401 g/mol. The number of halogens is 2. The van der Waals surface area contributed by atoms with Gasteiger partial charge in [0.2, 0.25) is 0 Å². The Morgan fingerprint density at radius 2 is 1.66 bits per heavy atom. The molecule has 0 fully saturated rings. The van der Waals surface area contributed by atoms with Gasteiger partial charge < -0.3 is 9.64 Å². The van der Waals surface area contributed by atoms with Crippen LogP contribution in [0, 0.1) is 11.6 Å².